The van der Waals surface area contributed by atoms with E-state index in [1.807, 2.05) is 6.92 Å². The average molecular weight is 425 g/mol. The number of alkyl halides is 1. The number of hydrogen-bond donors (Lipinski definition) is 1. The van der Waals surface area contributed by atoms with E-state index in [1.165, 1.54) is 25.6 Å². The summed E-state index contributed by atoms with van der Waals surface area (Å²) in [4.78, 5) is 9.00. The van der Waals surface area contributed by atoms with Crippen molar-refractivity contribution in [1.82, 2.24) is 24.3 Å². The van der Waals surface area contributed by atoms with Crippen molar-refractivity contribution in [3.05, 3.63) is 42.4 Å². The highest BCUT2D eigenvalue weighted by Crippen LogP contribution is 2.35. The van der Waals surface area contributed by atoms with Crippen LogP contribution in [0.2, 0.25) is 0 Å². The zero-order valence-corrected chi connectivity index (χ0v) is 18.0. The molecule has 0 unspecified atom stereocenters. The van der Waals surface area contributed by atoms with Crippen molar-refractivity contribution >= 4 is 10.9 Å². The Morgan fingerprint density at radius 2 is 1.94 bits per heavy atom. The van der Waals surface area contributed by atoms with Crippen molar-refractivity contribution in [2.45, 2.75) is 33.0 Å². The Balaban J connectivity index is 1.78. The zero-order chi connectivity index (χ0) is 22.3. The van der Waals surface area contributed by atoms with Crippen LogP contribution in [0.4, 0.5) is 4.39 Å². The minimum Gasteiger partial charge on any atom is -0.494 e. The molecule has 0 aliphatic heterocycles. The molecule has 0 saturated heterocycles. The number of methoxy groups -OCH3 is 2. The number of ether oxygens (including phenoxy) is 2. The molecule has 1 N–H and O–H groups in total. The summed E-state index contributed by atoms with van der Waals surface area (Å²) in [5, 5.41) is 15.8. The number of hydrogen-bond acceptors (Lipinski definition) is 6. The van der Waals surface area contributed by atoms with Crippen LogP contribution in [0.25, 0.3) is 28.0 Å². The molecule has 4 rings (SSSR count). The highest BCUT2D eigenvalue weighted by atomic mass is 19.1. The SMILES string of the molecule is COc1cc(-c2ccc3c(O)n(-c4ccn(CC(C)(C)F)n4)c(C)c3n2)cnc1OC. The topological polar surface area (TPSA) is 87.2 Å². The van der Waals surface area contributed by atoms with E-state index in [1.54, 1.807) is 48.3 Å². The van der Waals surface area contributed by atoms with Crippen molar-refractivity contribution in [3.8, 4) is 34.6 Å². The molecule has 4 aromatic heterocycles. The summed E-state index contributed by atoms with van der Waals surface area (Å²) < 4.78 is 27.6. The van der Waals surface area contributed by atoms with Crippen LogP contribution in [0, 0.1) is 6.92 Å². The maximum Gasteiger partial charge on any atom is 0.256 e. The van der Waals surface area contributed by atoms with Gasteiger partial charge in [-0.05, 0) is 39.0 Å². The van der Waals surface area contributed by atoms with Gasteiger partial charge in [0.1, 0.15) is 5.67 Å². The fourth-order valence-electron chi connectivity index (χ4n) is 3.56. The van der Waals surface area contributed by atoms with Crippen LogP contribution in [0.15, 0.2) is 36.7 Å². The molecular formula is C22H24FN5O3. The molecule has 0 aliphatic rings. The Bertz CT molecular complexity index is 1260. The summed E-state index contributed by atoms with van der Waals surface area (Å²) in [6.45, 7) is 4.96. The van der Waals surface area contributed by atoms with Crippen molar-refractivity contribution < 1.29 is 19.0 Å². The van der Waals surface area contributed by atoms with Gasteiger partial charge in [-0.25, -0.2) is 14.4 Å². The van der Waals surface area contributed by atoms with Crippen LogP contribution < -0.4 is 9.47 Å². The van der Waals surface area contributed by atoms with Gasteiger partial charge in [0.05, 0.1) is 43.1 Å². The maximum absolute atomic E-state index is 14.0. The van der Waals surface area contributed by atoms with Gasteiger partial charge in [0.25, 0.3) is 5.88 Å². The van der Waals surface area contributed by atoms with E-state index in [2.05, 4.69) is 10.1 Å². The van der Waals surface area contributed by atoms with Crippen molar-refractivity contribution in [2.75, 3.05) is 14.2 Å². The van der Waals surface area contributed by atoms with Gasteiger partial charge in [0, 0.05) is 24.0 Å². The molecule has 0 aromatic carbocycles. The van der Waals surface area contributed by atoms with E-state index in [9.17, 15) is 9.50 Å². The lowest BCUT2D eigenvalue weighted by Crippen LogP contribution is -2.21. The number of fused-ring (bicyclic) bond motifs is 1. The summed E-state index contributed by atoms with van der Waals surface area (Å²) in [6, 6.07) is 7.14. The van der Waals surface area contributed by atoms with Gasteiger partial charge < -0.3 is 14.6 Å². The van der Waals surface area contributed by atoms with E-state index in [0.29, 0.717) is 39.7 Å². The first-order valence-electron chi connectivity index (χ1n) is 9.74. The smallest absolute Gasteiger partial charge is 0.256 e. The number of pyridine rings is 2. The van der Waals surface area contributed by atoms with Crippen molar-refractivity contribution in [2.24, 2.45) is 0 Å². The van der Waals surface area contributed by atoms with Gasteiger partial charge in [-0.2, -0.15) is 5.10 Å². The van der Waals surface area contributed by atoms with Crippen LogP contribution in [0.1, 0.15) is 19.5 Å². The van der Waals surface area contributed by atoms with Crippen LogP contribution in [0.3, 0.4) is 0 Å². The minimum atomic E-state index is -1.40. The summed E-state index contributed by atoms with van der Waals surface area (Å²) >= 11 is 0. The highest BCUT2D eigenvalue weighted by molar-refractivity contribution is 5.90. The van der Waals surface area contributed by atoms with E-state index in [4.69, 9.17) is 14.5 Å². The molecule has 0 atom stereocenters. The molecule has 162 valence electrons. The normalized spacial score (nSPS) is 11.8. The number of nitrogens with zero attached hydrogens (tertiary/aromatic N) is 5. The second-order valence-electron chi connectivity index (χ2n) is 7.86. The number of aryl methyl sites for hydroxylation is 1. The third-order valence-corrected chi connectivity index (χ3v) is 4.95. The standard InChI is InChI=1S/C22H24FN5O3/c1-13-19-15(21(29)28(13)18-8-9-27(26-18)12-22(2,3)23)6-7-16(25-19)14-10-17(30-4)20(31-5)24-11-14/h6-11,29H,12H2,1-5H3. The fourth-order valence-corrected chi connectivity index (χ4v) is 3.56. The summed E-state index contributed by atoms with van der Waals surface area (Å²) in [5.41, 5.74) is 1.37. The first-order valence-corrected chi connectivity index (χ1v) is 9.74. The first-order chi connectivity index (χ1) is 14.7. The van der Waals surface area contributed by atoms with Crippen molar-refractivity contribution in [1.29, 1.82) is 0 Å². The lowest BCUT2D eigenvalue weighted by atomic mass is 10.1. The Hall–Kier alpha value is -3.62. The fraction of sp³-hybridized carbons (Fsp3) is 0.318. The van der Waals surface area contributed by atoms with Gasteiger partial charge in [0.15, 0.2) is 11.6 Å². The molecule has 4 aromatic rings. The zero-order valence-electron chi connectivity index (χ0n) is 18.0. The first kappa shape index (κ1) is 20.6. The van der Waals surface area contributed by atoms with Crippen LogP contribution in [-0.2, 0) is 6.54 Å². The third kappa shape index (κ3) is 3.78. The van der Waals surface area contributed by atoms with E-state index in [0.717, 1.165) is 5.56 Å². The molecular weight excluding hydrogens is 401 g/mol. The molecule has 0 spiro atoms. The Kier molecular flexibility index (Phi) is 5.04. The second kappa shape index (κ2) is 7.57. The van der Waals surface area contributed by atoms with Crippen LogP contribution >= 0.6 is 0 Å². The molecule has 9 heteroatoms. The Labute approximate surface area is 178 Å². The summed E-state index contributed by atoms with van der Waals surface area (Å²) in [7, 11) is 3.07. The Morgan fingerprint density at radius 3 is 2.61 bits per heavy atom. The lowest BCUT2D eigenvalue weighted by molar-refractivity contribution is 0.179. The van der Waals surface area contributed by atoms with Gasteiger partial charge in [-0.1, -0.05) is 0 Å². The summed E-state index contributed by atoms with van der Waals surface area (Å²) in [6.07, 6.45) is 3.34. The molecule has 0 saturated carbocycles. The molecule has 31 heavy (non-hydrogen) atoms. The molecule has 4 heterocycles. The second-order valence-corrected chi connectivity index (χ2v) is 7.86. The van der Waals surface area contributed by atoms with Crippen molar-refractivity contribution in [3.63, 3.8) is 0 Å². The van der Waals surface area contributed by atoms with E-state index < -0.39 is 5.67 Å². The van der Waals surface area contributed by atoms with Gasteiger partial charge in [-0.3, -0.25) is 9.25 Å². The Morgan fingerprint density at radius 1 is 1.16 bits per heavy atom. The maximum atomic E-state index is 14.0. The lowest BCUT2D eigenvalue weighted by Gasteiger charge is -2.13. The number of aromatic nitrogens is 5. The number of rotatable bonds is 6. The molecule has 0 bridgehead atoms. The summed E-state index contributed by atoms with van der Waals surface area (Å²) in [5.74, 6) is 1.41. The largest absolute Gasteiger partial charge is 0.494 e. The predicted molar refractivity (Wildman–Crippen MR) is 115 cm³/mol. The minimum absolute atomic E-state index is 0.0294. The van der Waals surface area contributed by atoms with E-state index >= 15 is 0 Å². The van der Waals surface area contributed by atoms with Gasteiger partial charge in [0.2, 0.25) is 5.88 Å². The monoisotopic (exact) mass is 425 g/mol. The predicted octanol–water partition coefficient (Wildman–Crippen LogP) is 4.06. The van der Waals surface area contributed by atoms with Gasteiger partial charge in [-0.15, -0.1) is 0 Å². The molecule has 0 amide bonds. The molecule has 0 radical (unpaired) electrons. The third-order valence-electron chi connectivity index (χ3n) is 4.95. The highest BCUT2D eigenvalue weighted by Gasteiger charge is 2.21. The van der Waals surface area contributed by atoms with Gasteiger partial charge >= 0.3 is 0 Å². The number of aromatic hydroxyl groups is 1. The molecule has 8 nitrogen and oxygen atoms in total. The molecule has 0 fully saturated rings. The quantitative estimate of drug-likeness (QED) is 0.501. The average Bonchev–Trinajstić information content (AvgIpc) is 3.27. The molecule has 0 aliphatic carbocycles. The van der Waals surface area contributed by atoms with Crippen LogP contribution in [-0.4, -0.2) is 49.3 Å². The number of halogens is 1. The van der Waals surface area contributed by atoms with E-state index in [-0.39, 0.29) is 12.4 Å². The van der Waals surface area contributed by atoms with Crippen LogP contribution in [0.5, 0.6) is 17.5 Å².